The molecule has 0 saturated heterocycles. The molecule has 3 aromatic rings. The minimum Gasteiger partial charge on any atom is -0.294 e. The van der Waals surface area contributed by atoms with Crippen LogP contribution < -0.4 is 0 Å². The number of carbonyl (C=O) groups is 1. The highest BCUT2D eigenvalue weighted by atomic mass is 16.1. The molecule has 6 rings (SSSR count). The van der Waals surface area contributed by atoms with Gasteiger partial charge in [-0.05, 0) is 88.6 Å². The molecule has 3 aromatic carbocycles. The van der Waals surface area contributed by atoms with Gasteiger partial charge in [0.2, 0.25) is 0 Å². The molecule has 1 unspecified atom stereocenters. The Morgan fingerprint density at radius 2 is 1.61 bits per heavy atom. The quantitative estimate of drug-likeness (QED) is 0.328. The third-order valence-electron chi connectivity index (χ3n) is 8.32. The Balaban J connectivity index is 0.00000115. The standard InChI is InChI=1S/C35H34O.C2H6.H2/c36-35-21-20-30-19-16-26(22-25-14-17-28(18-15-25)27-8-2-1-3-9-27)23-33(30)34(35)24-31-12-6-7-13-32(31)29-10-4-5-11-29;1-2;/h4-7,10,12-21,23,27,34H,1-3,8-9,11,22,24H2;1-2H3;1H. The molecule has 3 aliphatic carbocycles. The first-order valence-corrected chi connectivity index (χ1v) is 14.6. The van der Waals surface area contributed by atoms with Crippen LogP contribution in [0.5, 0.6) is 0 Å². The van der Waals surface area contributed by atoms with Gasteiger partial charge in [0.1, 0.15) is 0 Å². The molecular formula is C37H42O. The van der Waals surface area contributed by atoms with E-state index in [0.717, 1.165) is 25.2 Å². The average molecular weight is 503 g/mol. The number of carbonyl (C=O) groups excluding carboxylic acids is 1. The van der Waals surface area contributed by atoms with Gasteiger partial charge in [-0.15, -0.1) is 0 Å². The average Bonchev–Trinajstić information content (AvgIpc) is 3.52. The summed E-state index contributed by atoms with van der Waals surface area (Å²) in [5, 5.41) is 0. The molecule has 0 aliphatic heterocycles. The summed E-state index contributed by atoms with van der Waals surface area (Å²) in [4.78, 5) is 13.1. The lowest BCUT2D eigenvalue weighted by molar-refractivity contribution is -0.116. The van der Waals surface area contributed by atoms with Gasteiger partial charge in [0.15, 0.2) is 5.78 Å². The highest BCUT2D eigenvalue weighted by Crippen LogP contribution is 2.36. The lowest BCUT2D eigenvalue weighted by Crippen LogP contribution is -2.18. The smallest absolute Gasteiger partial charge is 0.163 e. The molecule has 1 nitrogen and oxygen atoms in total. The van der Waals surface area contributed by atoms with Crippen molar-refractivity contribution in [2.45, 2.75) is 77.0 Å². The van der Waals surface area contributed by atoms with Crippen molar-refractivity contribution < 1.29 is 6.22 Å². The van der Waals surface area contributed by atoms with E-state index in [1.54, 1.807) is 6.08 Å². The van der Waals surface area contributed by atoms with Crippen molar-refractivity contribution >= 4 is 17.4 Å². The van der Waals surface area contributed by atoms with E-state index in [1.165, 1.54) is 76.6 Å². The fraction of sp³-hybridized carbons (Fsp3) is 0.324. The molecular weight excluding hydrogens is 460 g/mol. The molecule has 1 atom stereocenters. The third-order valence-corrected chi connectivity index (χ3v) is 8.32. The molecule has 0 N–H and O–H groups in total. The van der Waals surface area contributed by atoms with Gasteiger partial charge in [0.05, 0.1) is 5.92 Å². The van der Waals surface area contributed by atoms with Gasteiger partial charge < -0.3 is 0 Å². The zero-order valence-electron chi connectivity index (χ0n) is 23.0. The minimum atomic E-state index is -0.130. The summed E-state index contributed by atoms with van der Waals surface area (Å²) >= 11 is 0. The van der Waals surface area contributed by atoms with Crippen molar-refractivity contribution in [3.63, 3.8) is 0 Å². The summed E-state index contributed by atoms with van der Waals surface area (Å²) in [6.45, 7) is 4.00. The van der Waals surface area contributed by atoms with Crippen LogP contribution in [-0.2, 0) is 17.6 Å². The minimum absolute atomic E-state index is 0. The normalized spacial score (nSPS) is 18.5. The number of ketones is 1. The van der Waals surface area contributed by atoms with E-state index in [9.17, 15) is 4.79 Å². The van der Waals surface area contributed by atoms with Gasteiger partial charge >= 0.3 is 0 Å². The van der Waals surface area contributed by atoms with Gasteiger partial charge in [-0.1, -0.05) is 124 Å². The van der Waals surface area contributed by atoms with Crippen LogP contribution in [0.1, 0.15) is 105 Å². The Morgan fingerprint density at radius 3 is 2.37 bits per heavy atom. The van der Waals surface area contributed by atoms with Crippen molar-refractivity contribution in [3.8, 4) is 0 Å². The fourth-order valence-electron chi connectivity index (χ4n) is 6.30. The van der Waals surface area contributed by atoms with E-state index >= 15 is 0 Å². The van der Waals surface area contributed by atoms with Crippen LogP contribution in [-0.4, -0.2) is 5.78 Å². The molecule has 0 amide bonds. The molecule has 38 heavy (non-hydrogen) atoms. The van der Waals surface area contributed by atoms with Crippen molar-refractivity contribution in [2.75, 3.05) is 0 Å². The largest absolute Gasteiger partial charge is 0.294 e. The van der Waals surface area contributed by atoms with E-state index in [2.05, 4.69) is 85.0 Å². The summed E-state index contributed by atoms with van der Waals surface area (Å²) in [6.07, 6.45) is 19.7. The van der Waals surface area contributed by atoms with E-state index < -0.39 is 0 Å². The highest BCUT2D eigenvalue weighted by Gasteiger charge is 2.26. The second-order valence-electron chi connectivity index (χ2n) is 10.7. The van der Waals surface area contributed by atoms with E-state index in [1.807, 2.05) is 19.9 Å². The maximum absolute atomic E-state index is 13.1. The summed E-state index contributed by atoms with van der Waals surface area (Å²) in [6, 6.07) is 24.6. The summed E-state index contributed by atoms with van der Waals surface area (Å²) in [7, 11) is 0. The van der Waals surface area contributed by atoms with Crippen LogP contribution in [0.3, 0.4) is 0 Å². The van der Waals surface area contributed by atoms with Crippen LogP contribution in [0.2, 0.25) is 0 Å². The highest BCUT2D eigenvalue weighted by molar-refractivity contribution is 6.02. The Morgan fingerprint density at radius 1 is 0.842 bits per heavy atom. The molecule has 0 spiro atoms. The van der Waals surface area contributed by atoms with E-state index in [0.29, 0.717) is 0 Å². The molecule has 0 bridgehead atoms. The molecule has 1 saturated carbocycles. The zero-order chi connectivity index (χ0) is 26.3. The number of fused-ring (bicyclic) bond motifs is 1. The lowest BCUT2D eigenvalue weighted by atomic mass is 9.79. The van der Waals surface area contributed by atoms with Crippen LogP contribution in [0.25, 0.3) is 11.6 Å². The van der Waals surface area contributed by atoms with Crippen LogP contribution in [0, 0.1) is 0 Å². The van der Waals surface area contributed by atoms with E-state index in [-0.39, 0.29) is 13.1 Å². The van der Waals surface area contributed by atoms with Crippen molar-refractivity contribution in [3.05, 3.63) is 130 Å². The van der Waals surface area contributed by atoms with Gasteiger partial charge in [0.25, 0.3) is 0 Å². The first-order valence-electron chi connectivity index (χ1n) is 14.6. The predicted molar refractivity (Wildman–Crippen MR) is 164 cm³/mol. The Labute approximate surface area is 230 Å². The van der Waals surface area contributed by atoms with Gasteiger partial charge in [-0.3, -0.25) is 4.79 Å². The summed E-state index contributed by atoms with van der Waals surface area (Å²) in [5.74, 6) is 0.827. The number of rotatable bonds is 6. The van der Waals surface area contributed by atoms with Crippen molar-refractivity contribution in [1.82, 2.24) is 0 Å². The summed E-state index contributed by atoms with van der Waals surface area (Å²) in [5.41, 5.74) is 10.4. The lowest BCUT2D eigenvalue weighted by Gasteiger charge is -2.23. The molecule has 0 aromatic heterocycles. The Kier molecular flexibility index (Phi) is 8.54. The van der Waals surface area contributed by atoms with Crippen molar-refractivity contribution in [1.29, 1.82) is 0 Å². The van der Waals surface area contributed by atoms with Gasteiger partial charge in [-0.2, -0.15) is 0 Å². The van der Waals surface area contributed by atoms with Crippen LogP contribution in [0.4, 0.5) is 0 Å². The maximum Gasteiger partial charge on any atom is 0.163 e. The molecule has 1 fully saturated rings. The van der Waals surface area contributed by atoms with Crippen LogP contribution >= 0.6 is 0 Å². The first-order chi connectivity index (χ1) is 18.7. The number of hydrogen-bond donors (Lipinski definition) is 0. The van der Waals surface area contributed by atoms with Crippen LogP contribution in [0.15, 0.2) is 91.0 Å². The summed E-state index contributed by atoms with van der Waals surface area (Å²) < 4.78 is 0. The number of benzene rings is 3. The number of hydrogen-bond acceptors (Lipinski definition) is 1. The SMILES string of the molecule is CC.O=C1C=Cc2ccc(Cc3ccc(C4CCCCC4)cc3)cc2C1Cc1ccccc1C1=CC=CC1.[HH]. The topological polar surface area (TPSA) is 17.1 Å². The second-order valence-corrected chi connectivity index (χ2v) is 10.7. The Hall–Kier alpha value is -3.45. The molecule has 0 heterocycles. The first kappa shape index (κ1) is 26.2. The fourth-order valence-corrected chi connectivity index (χ4v) is 6.30. The third kappa shape index (κ3) is 5.83. The monoisotopic (exact) mass is 502 g/mol. The Bertz CT molecular complexity index is 1350. The van der Waals surface area contributed by atoms with Gasteiger partial charge in [-0.25, -0.2) is 0 Å². The molecule has 0 radical (unpaired) electrons. The molecule has 3 aliphatic rings. The van der Waals surface area contributed by atoms with Gasteiger partial charge in [0, 0.05) is 1.43 Å². The molecule has 1 heteroatoms. The maximum atomic E-state index is 13.1. The van der Waals surface area contributed by atoms with E-state index in [4.69, 9.17) is 0 Å². The predicted octanol–water partition coefficient (Wildman–Crippen LogP) is 9.86. The van der Waals surface area contributed by atoms with Crippen molar-refractivity contribution in [2.24, 2.45) is 0 Å². The molecule has 196 valence electrons. The second kappa shape index (κ2) is 12.4. The zero-order valence-corrected chi connectivity index (χ0v) is 23.0. The number of allylic oxidation sites excluding steroid dienone is 5.